The number of hydrogen-bond donors (Lipinski definition) is 0. The summed E-state index contributed by atoms with van der Waals surface area (Å²) in [7, 11) is 0. The largest absolute Gasteiger partial charge is 0.310 e. The molecule has 10 aromatic rings. The first-order valence-corrected chi connectivity index (χ1v) is 25.7. The number of para-hydroxylation sites is 1. The van der Waals surface area contributed by atoms with Crippen LogP contribution in [0.4, 0.5) is 17.1 Å². The number of benzene rings is 10. The van der Waals surface area contributed by atoms with Crippen molar-refractivity contribution in [1.29, 1.82) is 0 Å². The lowest BCUT2D eigenvalue weighted by atomic mass is 9.69. The molecule has 346 valence electrons. The maximum absolute atomic E-state index is 4.07. The molecule has 0 amide bonds. The Bertz CT molecular complexity index is 3250. The van der Waals surface area contributed by atoms with Gasteiger partial charge in [-0.25, -0.2) is 0 Å². The lowest BCUT2D eigenvalue weighted by molar-refractivity contribution is 0.407. The van der Waals surface area contributed by atoms with Crippen LogP contribution in [0, 0.1) is 0 Å². The second kappa shape index (κ2) is 20.5. The predicted octanol–water partition coefficient (Wildman–Crippen LogP) is 19.0. The van der Waals surface area contributed by atoms with E-state index in [2.05, 4.69) is 249 Å². The van der Waals surface area contributed by atoms with E-state index in [0.717, 1.165) is 57.1 Å². The van der Waals surface area contributed by atoms with E-state index < -0.39 is 0 Å². The van der Waals surface area contributed by atoms with Gasteiger partial charge in [0.1, 0.15) is 0 Å². The van der Waals surface area contributed by atoms with Crippen LogP contribution in [0.5, 0.6) is 0 Å². The molecule has 1 atom stereocenters. The number of fused-ring (bicyclic) bond motifs is 5. The molecule has 0 saturated carbocycles. The zero-order chi connectivity index (χ0) is 48.0. The van der Waals surface area contributed by atoms with E-state index in [0.29, 0.717) is 0 Å². The van der Waals surface area contributed by atoms with E-state index >= 15 is 0 Å². The highest BCUT2D eigenvalue weighted by Gasteiger charge is 2.43. The summed E-state index contributed by atoms with van der Waals surface area (Å²) in [5, 5.41) is 5.05. The number of nitrogens with zero attached hydrogens (tertiary/aromatic N) is 1. The van der Waals surface area contributed by atoms with Crippen molar-refractivity contribution >= 4 is 50.8 Å². The monoisotopic (exact) mass is 915 g/mol. The first kappa shape index (κ1) is 45.4. The van der Waals surface area contributed by atoms with Crippen molar-refractivity contribution < 1.29 is 0 Å². The number of aryl methyl sites for hydroxylation is 2. The van der Waals surface area contributed by atoms with E-state index in [9.17, 15) is 0 Å². The fraction of sp³-hybridized carbons (Fsp3) is 0.143. The average molecular weight is 916 g/mol. The molecule has 0 heterocycles. The SMILES string of the molecule is C=Cc1cccc(CCCCC2(CCCCc3cccc(C=C)c3)c3cc(C(c4ccccc4)c4cccc5ccccc45)ccc3-c3ccc(N(c4ccccc4)c4cccc5ccccc45)cc32)c1. The van der Waals surface area contributed by atoms with Crippen LogP contribution in [0.1, 0.15) is 94.5 Å². The standard InChI is InChI=1S/C70H61N/c1-3-51-25-19-27-53(47-51)23-15-17-45-70(46-18-16-24-54-28-20-26-52(4-2)48-54)66-49-58(69(57-31-7-5-8-32-57)65-39-21-33-55-29-11-13-37-61(55)65)41-43-63(66)64-44-42-60(50-67(64)70)71(59-35-9-6-10-36-59)68-40-22-34-56-30-12-14-38-62(56)68/h3-14,19-22,25-44,47-50,69H,1-2,15-18,23-24,45-46H2. The van der Waals surface area contributed by atoms with Gasteiger partial charge in [0, 0.05) is 28.1 Å². The van der Waals surface area contributed by atoms with E-state index in [4.69, 9.17) is 0 Å². The van der Waals surface area contributed by atoms with E-state index in [1.807, 2.05) is 12.2 Å². The maximum Gasteiger partial charge on any atom is 0.0540 e. The summed E-state index contributed by atoms with van der Waals surface area (Å²) in [5.41, 5.74) is 18.1. The second-order valence-corrected chi connectivity index (χ2v) is 19.5. The topological polar surface area (TPSA) is 3.24 Å². The normalized spacial score (nSPS) is 12.8. The summed E-state index contributed by atoms with van der Waals surface area (Å²) in [5.74, 6) is 0.0544. The highest BCUT2D eigenvalue weighted by molar-refractivity contribution is 5.99. The zero-order valence-corrected chi connectivity index (χ0v) is 40.7. The fourth-order valence-electron chi connectivity index (χ4n) is 11.9. The molecular weight excluding hydrogens is 855 g/mol. The molecule has 0 fully saturated rings. The minimum Gasteiger partial charge on any atom is -0.310 e. The molecule has 1 unspecified atom stereocenters. The van der Waals surface area contributed by atoms with Crippen molar-refractivity contribution in [3.63, 3.8) is 0 Å². The van der Waals surface area contributed by atoms with E-state index in [-0.39, 0.29) is 11.3 Å². The number of anilines is 3. The Morgan fingerprint density at radius 2 is 0.944 bits per heavy atom. The van der Waals surface area contributed by atoms with E-state index in [1.54, 1.807) is 0 Å². The van der Waals surface area contributed by atoms with Gasteiger partial charge in [0.2, 0.25) is 0 Å². The highest BCUT2D eigenvalue weighted by atomic mass is 15.1. The molecule has 1 aliphatic carbocycles. The Kier molecular flexibility index (Phi) is 13.1. The highest BCUT2D eigenvalue weighted by Crippen LogP contribution is 2.57. The molecule has 11 rings (SSSR count). The molecule has 1 heteroatoms. The van der Waals surface area contributed by atoms with Gasteiger partial charge in [-0.15, -0.1) is 0 Å². The first-order chi connectivity index (χ1) is 35.1. The van der Waals surface area contributed by atoms with Gasteiger partial charge in [0.15, 0.2) is 0 Å². The summed E-state index contributed by atoms with van der Waals surface area (Å²) in [4.78, 5) is 2.49. The summed E-state index contributed by atoms with van der Waals surface area (Å²) >= 11 is 0. The van der Waals surface area contributed by atoms with Crippen molar-refractivity contribution in [3.05, 3.63) is 294 Å². The number of hydrogen-bond acceptors (Lipinski definition) is 1. The third kappa shape index (κ3) is 9.17. The lowest BCUT2D eigenvalue weighted by Crippen LogP contribution is -2.26. The first-order valence-electron chi connectivity index (χ1n) is 25.7. The summed E-state index contributed by atoms with van der Waals surface area (Å²) < 4.78 is 0. The summed E-state index contributed by atoms with van der Waals surface area (Å²) in [6, 6.07) is 86.3. The van der Waals surface area contributed by atoms with Crippen LogP contribution in [0.2, 0.25) is 0 Å². The minimum absolute atomic E-state index is 0.0544. The quantitative estimate of drug-likeness (QED) is 0.0612. The van der Waals surface area contributed by atoms with Gasteiger partial charge in [-0.1, -0.05) is 238 Å². The average Bonchev–Trinajstić information content (AvgIpc) is 3.69. The van der Waals surface area contributed by atoms with Crippen LogP contribution < -0.4 is 4.90 Å². The third-order valence-corrected chi connectivity index (χ3v) is 15.3. The predicted molar refractivity (Wildman–Crippen MR) is 304 cm³/mol. The zero-order valence-electron chi connectivity index (χ0n) is 40.7. The van der Waals surface area contributed by atoms with Crippen LogP contribution >= 0.6 is 0 Å². The maximum atomic E-state index is 4.07. The van der Waals surface area contributed by atoms with Gasteiger partial charge in [0.05, 0.1) is 5.69 Å². The molecule has 0 bridgehead atoms. The van der Waals surface area contributed by atoms with Crippen molar-refractivity contribution in [1.82, 2.24) is 0 Å². The molecule has 1 nitrogen and oxygen atoms in total. The van der Waals surface area contributed by atoms with Crippen molar-refractivity contribution in [2.45, 2.75) is 62.7 Å². The Morgan fingerprint density at radius 3 is 1.61 bits per heavy atom. The van der Waals surface area contributed by atoms with Crippen LogP contribution in [0.15, 0.2) is 244 Å². The van der Waals surface area contributed by atoms with Gasteiger partial charge in [0.25, 0.3) is 0 Å². The molecule has 0 aliphatic heterocycles. The van der Waals surface area contributed by atoms with Crippen molar-refractivity contribution in [2.75, 3.05) is 4.90 Å². The van der Waals surface area contributed by atoms with Crippen molar-refractivity contribution in [3.8, 4) is 11.1 Å². The molecule has 0 N–H and O–H groups in total. The van der Waals surface area contributed by atoms with Gasteiger partial charge in [-0.2, -0.15) is 0 Å². The van der Waals surface area contributed by atoms with Crippen LogP contribution in [0.3, 0.4) is 0 Å². The Labute approximate surface area is 421 Å². The fourth-order valence-corrected chi connectivity index (χ4v) is 11.9. The molecule has 10 aromatic carbocycles. The Morgan fingerprint density at radius 1 is 0.408 bits per heavy atom. The van der Waals surface area contributed by atoms with Gasteiger partial charge >= 0.3 is 0 Å². The van der Waals surface area contributed by atoms with Gasteiger partial charge < -0.3 is 4.90 Å². The third-order valence-electron chi connectivity index (χ3n) is 15.3. The molecule has 1 aliphatic rings. The Hall–Kier alpha value is -8.00. The molecule has 71 heavy (non-hydrogen) atoms. The van der Waals surface area contributed by atoms with Crippen LogP contribution in [-0.4, -0.2) is 0 Å². The van der Waals surface area contributed by atoms with Crippen LogP contribution in [-0.2, 0) is 18.3 Å². The minimum atomic E-state index is -0.232. The van der Waals surface area contributed by atoms with Gasteiger partial charge in [-0.05, 0) is 146 Å². The van der Waals surface area contributed by atoms with Crippen LogP contribution in [0.25, 0.3) is 44.8 Å². The summed E-state index contributed by atoms with van der Waals surface area (Å²) in [6.07, 6.45) is 12.5. The molecular formula is C70H61N. The molecule has 0 radical (unpaired) electrons. The Balaban J connectivity index is 1.09. The molecule has 0 spiro atoms. The number of rotatable bonds is 18. The number of unbranched alkanes of at least 4 members (excludes halogenated alkanes) is 2. The van der Waals surface area contributed by atoms with Crippen molar-refractivity contribution in [2.24, 2.45) is 0 Å². The molecule has 0 saturated heterocycles. The smallest absolute Gasteiger partial charge is 0.0540 e. The molecule has 0 aromatic heterocycles. The van der Waals surface area contributed by atoms with E-state index in [1.165, 1.54) is 94.1 Å². The lowest BCUT2D eigenvalue weighted by Gasteiger charge is -2.35. The second-order valence-electron chi connectivity index (χ2n) is 19.5. The van der Waals surface area contributed by atoms with Gasteiger partial charge in [-0.3, -0.25) is 0 Å². The summed E-state index contributed by atoms with van der Waals surface area (Å²) in [6.45, 7) is 8.15.